The summed E-state index contributed by atoms with van der Waals surface area (Å²) in [5.74, 6) is -0.349. The first-order chi connectivity index (χ1) is 5.91. The Kier molecular flexibility index (Phi) is 2.32. The van der Waals surface area contributed by atoms with Crippen LogP contribution in [-0.2, 0) is 5.41 Å². The van der Waals surface area contributed by atoms with Crippen LogP contribution in [0.25, 0.3) is 0 Å². The van der Waals surface area contributed by atoms with Crippen molar-refractivity contribution in [1.82, 2.24) is 9.97 Å². The van der Waals surface area contributed by atoms with E-state index in [2.05, 4.69) is 9.97 Å². The summed E-state index contributed by atoms with van der Waals surface area (Å²) in [6.45, 7) is 5.92. The van der Waals surface area contributed by atoms with Gasteiger partial charge in [-0.3, -0.25) is 0 Å². The normalized spacial score (nSPS) is 11.3. The molecule has 4 nitrogen and oxygen atoms in total. The van der Waals surface area contributed by atoms with Crippen LogP contribution in [0.5, 0.6) is 0 Å². The molecule has 0 aliphatic rings. The van der Waals surface area contributed by atoms with E-state index in [1.54, 1.807) is 0 Å². The van der Waals surface area contributed by atoms with Gasteiger partial charge < -0.3 is 5.11 Å². The van der Waals surface area contributed by atoms with Gasteiger partial charge in [0.15, 0.2) is 0 Å². The average molecular weight is 180 g/mol. The van der Waals surface area contributed by atoms with Gasteiger partial charge in [-0.15, -0.1) is 0 Å². The lowest BCUT2D eigenvalue weighted by Crippen LogP contribution is -2.16. The van der Waals surface area contributed by atoms with Crippen LogP contribution in [0.1, 0.15) is 37.0 Å². The van der Waals surface area contributed by atoms with Gasteiger partial charge in [0, 0.05) is 17.8 Å². The third-order valence-corrected chi connectivity index (χ3v) is 1.57. The van der Waals surface area contributed by atoms with Gasteiger partial charge in [-0.25, -0.2) is 14.8 Å². The van der Waals surface area contributed by atoms with Crippen molar-refractivity contribution in [2.75, 3.05) is 0 Å². The molecule has 0 amide bonds. The molecule has 0 aliphatic carbocycles. The molecule has 1 aromatic rings. The van der Waals surface area contributed by atoms with Gasteiger partial charge in [0.25, 0.3) is 0 Å². The van der Waals surface area contributed by atoms with Gasteiger partial charge in [0.05, 0.1) is 5.56 Å². The standard InChI is InChI=1S/C9H12N2O2/c1-9(2,3)8-10-4-6(5-11-8)7(12)13/h4-5H,1-3H3,(H,12,13). The molecule has 0 atom stereocenters. The lowest BCUT2D eigenvalue weighted by Gasteiger charge is -2.15. The van der Waals surface area contributed by atoms with Gasteiger partial charge in [-0.2, -0.15) is 0 Å². The molecule has 1 heterocycles. The molecule has 0 aromatic carbocycles. The van der Waals surface area contributed by atoms with E-state index in [0.29, 0.717) is 5.82 Å². The number of aromatic carboxylic acids is 1. The molecular formula is C9H12N2O2. The van der Waals surface area contributed by atoms with E-state index in [1.165, 1.54) is 12.4 Å². The Bertz CT molecular complexity index is 311. The highest BCUT2D eigenvalue weighted by molar-refractivity contribution is 5.86. The molecule has 1 N–H and O–H groups in total. The second-order valence-corrected chi connectivity index (χ2v) is 3.85. The van der Waals surface area contributed by atoms with Gasteiger partial charge >= 0.3 is 5.97 Å². The lowest BCUT2D eigenvalue weighted by molar-refractivity contribution is 0.0695. The van der Waals surface area contributed by atoms with Crippen LogP contribution in [0.15, 0.2) is 12.4 Å². The smallest absolute Gasteiger partial charge is 0.338 e. The Morgan fingerprint density at radius 2 is 1.77 bits per heavy atom. The minimum absolute atomic E-state index is 0.119. The van der Waals surface area contributed by atoms with Crippen molar-refractivity contribution >= 4 is 5.97 Å². The number of carbonyl (C=O) groups is 1. The van der Waals surface area contributed by atoms with E-state index in [0.717, 1.165) is 0 Å². The third-order valence-electron chi connectivity index (χ3n) is 1.57. The molecule has 4 heteroatoms. The number of hydrogen-bond acceptors (Lipinski definition) is 3. The lowest BCUT2D eigenvalue weighted by atomic mass is 9.96. The van der Waals surface area contributed by atoms with Crippen LogP contribution in [0.3, 0.4) is 0 Å². The molecular weight excluding hydrogens is 168 g/mol. The predicted molar refractivity (Wildman–Crippen MR) is 47.7 cm³/mol. The Morgan fingerprint density at radius 1 is 1.31 bits per heavy atom. The van der Waals surface area contributed by atoms with Crippen molar-refractivity contribution in [2.24, 2.45) is 0 Å². The number of hydrogen-bond donors (Lipinski definition) is 1. The van der Waals surface area contributed by atoms with Gasteiger partial charge in [-0.05, 0) is 0 Å². The summed E-state index contributed by atoms with van der Waals surface area (Å²) in [5.41, 5.74) is -0.0233. The maximum Gasteiger partial charge on any atom is 0.338 e. The first kappa shape index (κ1) is 9.64. The van der Waals surface area contributed by atoms with Crippen molar-refractivity contribution in [1.29, 1.82) is 0 Å². The molecule has 0 saturated heterocycles. The van der Waals surface area contributed by atoms with Crippen molar-refractivity contribution in [3.05, 3.63) is 23.8 Å². The molecule has 0 bridgehead atoms. The van der Waals surface area contributed by atoms with Gasteiger partial charge in [0.2, 0.25) is 0 Å². The van der Waals surface area contributed by atoms with E-state index < -0.39 is 5.97 Å². The minimum Gasteiger partial charge on any atom is -0.478 e. The largest absolute Gasteiger partial charge is 0.478 e. The summed E-state index contributed by atoms with van der Waals surface area (Å²) >= 11 is 0. The maximum atomic E-state index is 10.5. The number of aromatic nitrogens is 2. The third kappa shape index (κ3) is 2.24. The van der Waals surface area contributed by atoms with Crippen LogP contribution < -0.4 is 0 Å². The van der Waals surface area contributed by atoms with Crippen molar-refractivity contribution < 1.29 is 9.90 Å². The van der Waals surface area contributed by atoms with Crippen molar-refractivity contribution in [3.63, 3.8) is 0 Å². The van der Waals surface area contributed by atoms with Crippen LogP contribution in [0.2, 0.25) is 0 Å². The Balaban J connectivity index is 3.01. The maximum absolute atomic E-state index is 10.5. The monoisotopic (exact) mass is 180 g/mol. The second-order valence-electron chi connectivity index (χ2n) is 3.85. The molecule has 0 spiro atoms. The number of carboxylic acids is 1. The van der Waals surface area contributed by atoms with Crippen LogP contribution in [0, 0.1) is 0 Å². The molecule has 1 aromatic heterocycles. The molecule has 1 rings (SSSR count). The van der Waals surface area contributed by atoms with Crippen molar-refractivity contribution in [3.8, 4) is 0 Å². The second kappa shape index (κ2) is 3.12. The average Bonchev–Trinajstić information content (AvgIpc) is 2.03. The summed E-state index contributed by atoms with van der Waals surface area (Å²) in [5, 5.41) is 8.60. The Morgan fingerprint density at radius 3 is 2.08 bits per heavy atom. The predicted octanol–water partition coefficient (Wildman–Crippen LogP) is 1.47. The van der Waals surface area contributed by atoms with E-state index in [9.17, 15) is 4.79 Å². The first-order valence-corrected chi connectivity index (χ1v) is 3.97. The molecule has 13 heavy (non-hydrogen) atoms. The van der Waals surface area contributed by atoms with Crippen molar-refractivity contribution in [2.45, 2.75) is 26.2 Å². The number of nitrogens with zero attached hydrogens (tertiary/aromatic N) is 2. The zero-order valence-electron chi connectivity index (χ0n) is 7.90. The van der Waals surface area contributed by atoms with E-state index in [1.807, 2.05) is 20.8 Å². The molecule has 0 aliphatic heterocycles. The molecule has 0 unspecified atom stereocenters. The number of rotatable bonds is 1. The molecule has 70 valence electrons. The summed E-state index contributed by atoms with van der Waals surface area (Å²) in [7, 11) is 0. The fourth-order valence-electron chi connectivity index (χ4n) is 0.826. The minimum atomic E-state index is -1.000. The molecule has 0 fully saturated rings. The Labute approximate surface area is 76.7 Å². The van der Waals surface area contributed by atoms with Crippen LogP contribution in [-0.4, -0.2) is 21.0 Å². The fourth-order valence-corrected chi connectivity index (χ4v) is 0.826. The summed E-state index contributed by atoms with van der Waals surface area (Å²) in [6.07, 6.45) is 2.66. The quantitative estimate of drug-likeness (QED) is 0.710. The van der Waals surface area contributed by atoms with Crippen LogP contribution in [0.4, 0.5) is 0 Å². The number of carboxylic acid groups (broad SMARTS) is 1. The van der Waals surface area contributed by atoms with Gasteiger partial charge in [-0.1, -0.05) is 20.8 Å². The summed E-state index contributed by atoms with van der Waals surface area (Å²) in [6, 6.07) is 0. The highest BCUT2D eigenvalue weighted by Crippen LogP contribution is 2.16. The summed E-state index contributed by atoms with van der Waals surface area (Å²) in [4.78, 5) is 18.4. The molecule has 0 radical (unpaired) electrons. The SMILES string of the molecule is CC(C)(C)c1ncc(C(=O)O)cn1. The Hall–Kier alpha value is -1.45. The highest BCUT2D eigenvalue weighted by atomic mass is 16.4. The van der Waals surface area contributed by atoms with E-state index >= 15 is 0 Å². The zero-order valence-corrected chi connectivity index (χ0v) is 7.90. The topological polar surface area (TPSA) is 63.1 Å². The molecule has 0 saturated carbocycles. The zero-order chi connectivity index (χ0) is 10.1. The van der Waals surface area contributed by atoms with E-state index in [-0.39, 0.29) is 11.0 Å². The fraction of sp³-hybridized carbons (Fsp3) is 0.444. The highest BCUT2D eigenvalue weighted by Gasteiger charge is 2.17. The van der Waals surface area contributed by atoms with Crippen LogP contribution >= 0.6 is 0 Å². The van der Waals surface area contributed by atoms with E-state index in [4.69, 9.17) is 5.11 Å². The summed E-state index contributed by atoms with van der Waals surface area (Å²) < 4.78 is 0. The van der Waals surface area contributed by atoms with Gasteiger partial charge in [0.1, 0.15) is 5.82 Å². The first-order valence-electron chi connectivity index (χ1n) is 3.97.